The minimum Gasteiger partial charge on any atom is -0.462 e. The van der Waals surface area contributed by atoms with Crippen LogP contribution in [0.25, 0.3) is 5.57 Å². The van der Waals surface area contributed by atoms with Crippen LogP contribution in [0.4, 0.5) is 0 Å². The number of aliphatic imine (C=N–C) groups is 1. The monoisotopic (exact) mass is 404 g/mol. The second kappa shape index (κ2) is 6.90. The van der Waals surface area contributed by atoms with E-state index in [1.165, 1.54) is 0 Å². The number of Topliss-reactive ketones (excluding diaryl/α,β-unsaturated/α-hetero) is 1. The molecule has 4 rings (SSSR count). The first-order chi connectivity index (χ1) is 14.2. The number of carbonyl (C=O) groups excluding carboxylic acids is 3. The van der Waals surface area contributed by atoms with Crippen LogP contribution in [0.3, 0.4) is 0 Å². The van der Waals surface area contributed by atoms with Gasteiger partial charge in [0, 0.05) is 18.2 Å². The summed E-state index contributed by atoms with van der Waals surface area (Å²) in [6, 6.07) is 3.99. The maximum Gasteiger partial charge on any atom is 0.342 e. The lowest BCUT2D eigenvalue weighted by molar-refractivity contribution is -0.139. The molecule has 1 spiro atoms. The number of hydrogen-bond donors (Lipinski definition) is 0. The lowest BCUT2D eigenvalue weighted by atomic mass is 9.80. The van der Waals surface area contributed by atoms with Crippen LogP contribution >= 0.6 is 0 Å². The summed E-state index contributed by atoms with van der Waals surface area (Å²) in [6.07, 6.45) is 5.31. The van der Waals surface area contributed by atoms with E-state index in [-0.39, 0.29) is 18.6 Å². The average molecular weight is 404 g/mol. The summed E-state index contributed by atoms with van der Waals surface area (Å²) in [7, 11) is 0. The number of ketones is 1. The highest BCUT2D eigenvalue weighted by molar-refractivity contribution is 6.34. The van der Waals surface area contributed by atoms with Crippen molar-refractivity contribution in [1.29, 1.82) is 0 Å². The van der Waals surface area contributed by atoms with Crippen LogP contribution in [0.15, 0.2) is 46.6 Å². The first kappa shape index (κ1) is 20.0. The van der Waals surface area contributed by atoms with Gasteiger partial charge in [-0.2, -0.15) is 4.99 Å². The Morgan fingerprint density at radius 2 is 1.83 bits per heavy atom. The number of ether oxygens (including phenoxy) is 1. The van der Waals surface area contributed by atoms with E-state index in [0.717, 1.165) is 27.8 Å². The predicted molar refractivity (Wildman–Crippen MR) is 114 cm³/mol. The van der Waals surface area contributed by atoms with Crippen LogP contribution in [0, 0.1) is 20.8 Å². The van der Waals surface area contributed by atoms with E-state index in [0.29, 0.717) is 11.4 Å². The van der Waals surface area contributed by atoms with Crippen LogP contribution < -0.4 is 0 Å². The number of nitrogens with zero attached hydrogens (tertiary/aromatic N) is 2. The molecule has 1 aliphatic carbocycles. The molecule has 2 aliphatic heterocycles. The number of benzene rings is 1. The van der Waals surface area contributed by atoms with E-state index in [2.05, 4.69) is 4.99 Å². The van der Waals surface area contributed by atoms with E-state index in [1.807, 2.05) is 52.0 Å². The van der Waals surface area contributed by atoms with Gasteiger partial charge in [-0.05, 0) is 63.0 Å². The number of carbonyl (C=O) groups is 3. The zero-order valence-electron chi connectivity index (χ0n) is 17.8. The van der Waals surface area contributed by atoms with Gasteiger partial charge in [-0.15, -0.1) is 0 Å². The standard InChI is InChI=1S/C24H24N2O4/c1-6-30-22(28)19-17(27)12-24(20(19)18-15(4)10-13(2)11-16(18)5)23(29)25-21-14(3)8-7-9-26(21)24/h7-11H,6,12H2,1-5H3. The van der Waals surface area contributed by atoms with Crippen molar-refractivity contribution in [3.63, 3.8) is 0 Å². The molecular weight excluding hydrogens is 380 g/mol. The summed E-state index contributed by atoms with van der Waals surface area (Å²) in [5.74, 6) is -1.00. The summed E-state index contributed by atoms with van der Waals surface area (Å²) in [5.41, 5.74) is 3.42. The second-order valence-corrected chi connectivity index (χ2v) is 8.01. The molecule has 0 saturated heterocycles. The predicted octanol–water partition coefficient (Wildman–Crippen LogP) is 3.35. The Kier molecular flexibility index (Phi) is 4.60. The van der Waals surface area contributed by atoms with Crippen LogP contribution in [0.5, 0.6) is 0 Å². The molecule has 0 aromatic heterocycles. The molecule has 0 fully saturated rings. The van der Waals surface area contributed by atoms with Crippen molar-refractivity contribution in [3.05, 3.63) is 63.9 Å². The van der Waals surface area contributed by atoms with E-state index >= 15 is 0 Å². The number of amides is 1. The fraction of sp³-hybridized carbons (Fsp3) is 0.333. The third-order valence-corrected chi connectivity index (χ3v) is 5.90. The van der Waals surface area contributed by atoms with Gasteiger partial charge in [-0.1, -0.05) is 23.8 Å². The maximum atomic E-state index is 13.4. The number of esters is 1. The Morgan fingerprint density at radius 3 is 2.47 bits per heavy atom. The van der Waals surface area contributed by atoms with E-state index < -0.39 is 23.2 Å². The molecule has 1 aromatic carbocycles. The first-order valence-corrected chi connectivity index (χ1v) is 10.0. The molecule has 0 N–H and O–H groups in total. The fourth-order valence-electron chi connectivity index (χ4n) is 4.82. The zero-order chi connectivity index (χ0) is 21.8. The van der Waals surface area contributed by atoms with Crippen LogP contribution in [0.1, 0.15) is 42.5 Å². The van der Waals surface area contributed by atoms with Gasteiger partial charge in [0.2, 0.25) is 0 Å². The van der Waals surface area contributed by atoms with Gasteiger partial charge < -0.3 is 9.64 Å². The number of aryl methyl sites for hydroxylation is 3. The molecule has 1 atom stereocenters. The molecule has 1 unspecified atom stereocenters. The molecular formula is C24H24N2O4. The molecule has 0 saturated carbocycles. The minimum absolute atomic E-state index is 0.0442. The van der Waals surface area contributed by atoms with E-state index in [4.69, 9.17) is 4.74 Å². The fourth-order valence-corrected chi connectivity index (χ4v) is 4.82. The summed E-state index contributed by atoms with van der Waals surface area (Å²) >= 11 is 0. The van der Waals surface area contributed by atoms with E-state index in [9.17, 15) is 14.4 Å². The molecule has 1 aromatic rings. The average Bonchev–Trinajstić information content (AvgIpc) is 3.11. The van der Waals surface area contributed by atoms with Crippen molar-refractivity contribution in [1.82, 2.24) is 4.90 Å². The van der Waals surface area contributed by atoms with E-state index in [1.54, 1.807) is 18.0 Å². The molecule has 6 heteroatoms. The SMILES string of the molecule is CCOC(=O)C1=C(c2c(C)cc(C)cc2C)C2(CC1=O)C(=O)N=C1C(C)=CC=CN12. The van der Waals surface area contributed by atoms with Gasteiger partial charge in [-0.25, -0.2) is 4.79 Å². The Labute approximate surface area is 175 Å². The zero-order valence-corrected chi connectivity index (χ0v) is 17.8. The highest BCUT2D eigenvalue weighted by atomic mass is 16.5. The lowest BCUT2D eigenvalue weighted by Gasteiger charge is -2.37. The van der Waals surface area contributed by atoms with Crippen LogP contribution in [0.2, 0.25) is 0 Å². The van der Waals surface area contributed by atoms with Gasteiger partial charge in [0.15, 0.2) is 11.3 Å². The van der Waals surface area contributed by atoms with Crippen LogP contribution in [-0.2, 0) is 19.1 Å². The summed E-state index contributed by atoms with van der Waals surface area (Å²) in [4.78, 5) is 45.6. The molecule has 3 aliphatic rings. The first-order valence-electron chi connectivity index (χ1n) is 10.0. The molecule has 1 amide bonds. The van der Waals surface area contributed by atoms with Crippen molar-refractivity contribution < 1.29 is 19.1 Å². The van der Waals surface area contributed by atoms with Gasteiger partial charge in [0.1, 0.15) is 11.4 Å². The molecule has 0 bridgehead atoms. The summed E-state index contributed by atoms with van der Waals surface area (Å²) in [5, 5.41) is 0. The van der Waals surface area contributed by atoms with Crippen molar-refractivity contribution in [2.24, 2.45) is 4.99 Å². The minimum atomic E-state index is -1.37. The summed E-state index contributed by atoms with van der Waals surface area (Å²) < 4.78 is 5.23. The molecule has 0 radical (unpaired) electrons. The number of amidine groups is 1. The van der Waals surface area contributed by atoms with Gasteiger partial charge in [-0.3, -0.25) is 9.59 Å². The van der Waals surface area contributed by atoms with Crippen molar-refractivity contribution in [3.8, 4) is 0 Å². The third-order valence-electron chi connectivity index (χ3n) is 5.90. The third kappa shape index (κ3) is 2.63. The Balaban J connectivity index is 2.06. The highest BCUT2D eigenvalue weighted by Gasteiger charge is 2.61. The lowest BCUT2D eigenvalue weighted by Crippen LogP contribution is -2.49. The van der Waals surface area contributed by atoms with Crippen LogP contribution in [-0.4, -0.2) is 40.5 Å². The number of rotatable bonds is 3. The molecule has 6 nitrogen and oxygen atoms in total. The number of allylic oxidation sites excluding steroid dienone is 2. The Hall–Kier alpha value is -3.28. The van der Waals surface area contributed by atoms with Crippen molar-refractivity contribution >= 4 is 29.1 Å². The maximum absolute atomic E-state index is 13.4. The Bertz CT molecular complexity index is 1110. The van der Waals surface area contributed by atoms with Gasteiger partial charge in [0.05, 0.1) is 6.61 Å². The smallest absolute Gasteiger partial charge is 0.342 e. The summed E-state index contributed by atoms with van der Waals surface area (Å²) in [6.45, 7) is 9.56. The normalized spacial score (nSPS) is 22.6. The van der Waals surface area contributed by atoms with Gasteiger partial charge >= 0.3 is 5.97 Å². The quantitative estimate of drug-likeness (QED) is 0.570. The molecule has 154 valence electrons. The van der Waals surface area contributed by atoms with Crippen molar-refractivity contribution in [2.45, 2.75) is 46.6 Å². The largest absolute Gasteiger partial charge is 0.462 e. The molecule has 30 heavy (non-hydrogen) atoms. The van der Waals surface area contributed by atoms with Crippen molar-refractivity contribution in [2.75, 3.05) is 6.61 Å². The highest BCUT2D eigenvalue weighted by Crippen LogP contribution is 2.50. The number of hydrogen-bond acceptors (Lipinski definition) is 5. The second-order valence-electron chi connectivity index (χ2n) is 8.01. The number of fused-ring (bicyclic) bond motifs is 2. The van der Waals surface area contributed by atoms with Gasteiger partial charge in [0.25, 0.3) is 5.91 Å². The Morgan fingerprint density at radius 1 is 1.17 bits per heavy atom. The molecule has 2 heterocycles. The topological polar surface area (TPSA) is 76.0 Å².